The van der Waals surface area contributed by atoms with Crippen molar-refractivity contribution in [2.75, 3.05) is 47.4 Å². The molecule has 20 heavy (non-hydrogen) atoms. The van der Waals surface area contributed by atoms with Crippen LogP contribution in [0, 0.1) is 0 Å². The van der Waals surface area contributed by atoms with E-state index in [4.69, 9.17) is 15.2 Å². The molecule has 0 spiro atoms. The monoisotopic (exact) mass is 287 g/mol. The molecule has 1 fully saturated rings. The van der Waals surface area contributed by atoms with Crippen molar-refractivity contribution in [2.45, 2.75) is 51.0 Å². The highest BCUT2D eigenvalue weighted by atomic mass is 16.7. The molecule has 0 radical (unpaired) electrons. The molecule has 5 heteroatoms. The number of nitrogens with zero attached hydrogens (tertiary/aromatic N) is 2. The summed E-state index contributed by atoms with van der Waals surface area (Å²) in [7, 11) is 5.53. The normalized spacial score (nSPS) is 23.7. The maximum atomic E-state index is 6.04. The summed E-state index contributed by atoms with van der Waals surface area (Å²) in [5.74, 6) is 0. The van der Waals surface area contributed by atoms with E-state index in [1.165, 1.54) is 19.4 Å². The van der Waals surface area contributed by atoms with Crippen LogP contribution in [-0.4, -0.2) is 75.1 Å². The second-order valence-electron chi connectivity index (χ2n) is 6.11. The van der Waals surface area contributed by atoms with Gasteiger partial charge in [0, 0.05) is 45.3 Å². The van der Waals surface area contributed by atoms with E-state index < -0.39 is 0 Å². The first kappa shape index (κ1) is 17.9. The second-order valence-corrected chi connectivity index (χ2v) is 6.11. The van der Waals surface area contributed by atoms with Crippen LogP contribution in [0.15, 0.2) is 0 Å². The van der Waals surface area contributed by atoms with E-state index in [0.717, 1.165) is 19.5 Å². The lowest BCUT2D eigenvalue weighted by Crippen LogP contribution is -2.55. The number of hydrogen-bond acceptors (Lipinski definition) is 5. The molecule has 0 saturated carbocycles. The molecule has 1 aliphatic rings. The van der Waals surface area contributed by atoms with Crippen LogP contribution in [0.25, 0.3) is 0 Å². The molecule has 2 unspecified atom stereocenters. The zero-order chi connectivity index (χ0) is 15.2. The predicted molar refractivity (Wildman–Crippen MR) is 82.8 cm³/mol. The first-order valence-electron chi connectivity index (χ1n) is 7.71. The first-order valence-corrected chi connectivity index (χ1v) is 7.71. The van der Waals surface area contributed by atoms with Crippen LogP contribution >= 0.6 is 0 Å². The summed E-state index contributed by atoms with van der Waals surface area (Å²) < 4.78 is 10.7. The standard InChI is InChI=1S/C15H33N3O2/c1-6-18-9-7-8-13(18)11-17(3)15(2,12-16)10-14(19-4)20-5/h13-14H,6-12,16H2,1-5H3. The summed E-state index contributed by atoms with van der Waals surface area (Å²) in [6.07, 6.45) is 3.18. The van der Waals surface area contributed by atoms with E-state index in [-0.39, 0.29) is 11.8 Å². The van der Waals surface area contributed by atoms with Gasteiger partial charge in [0.2, 0.25) is 0 Å². The van der Waals surface area contributed by atoms with Crippen molar-refractivity contribution >= 4 is 0 Å². The predicted octanol–water partition coefficient (Wildman–Crippen LogP) is 1.13. The number of hydrogen-bond donors (Lipinski definition) is 1. The van der Waals surface area contributed by atoms with E-state index in [2.05, 4.69) is 30.7 Å². The van der Waals surface area contributed by atoms with Crippen LogP contribution in [0.5, 0.6) is 0 Å². The topological polar surface area (TPSA) is 51.0 Å². The van der Waals surface area contributed by atoms with Crippen molar-refractivity contribution in [1.82, 2.24) is 9.80 Å². The minimum Gasteiger partial charge on any atom is -0.356 e. The van der Waals surface area contributed by atoms with Gasteiger partial charge in [0.05, 0.1) is 0 Å². The zero-order valence-electron chi connectivity index (χ0n) is 13.9. The molecule has 120 valence electrons. The SMILES string of the molecule is CCN1CCCC1CN(C)C(C)(CN)CC(OC)OC. The molecule has 5 nitrogen and oxygen atoms in total. The minimum absolute atomic E-state index is 0.0985. The molecular weight excluding hydrogens is 254 g/mol. The molecule has 0 aliphatic carbocycles. The number of ether oxygens (including phenoxy) is 2. The Morgan fingerprint density at radius 2 is 2.05 bits per heavy atom. The van der Waals surface area contributed by atoms with Gasteiger partial charge in [0.1, 0.15) is 0 Å². The fourth-order valence-electron chi connectivity index (χ4n) is 3.07. The molecule has 1 rings (SSSR count). The summed E-state index contributed by atoms with van der Waals surface area (Å²) in [6, 6.07) is 0.652. The van der Waals surface area contributed by atoms with Gasteiger partial charge in [-0.05, 0) is 39.9 Å². The number of methoxy groups -OCH3 is 2. The quantitative estimate of drug-likeness (QED) is 0.644. The highest BCUT2D eigenvalue weighted by Crippen LogP contribution is 2.24. The molecule has 0 aromatic heterocycles. The van der Waals surface area contributed by atoms with Crippen LogP contribution in [-0.2, 0) is 9.47 Å². The smallest absolute Gasteiger partial charge is 0.158 e. The number of likely N-dealkylation sites (N-methyl/N-ethyl adjacent to an activating group) is 2. The van der Waals surface area contributed by atoms with Gasteiger partial charge in [0.25, 0.3) is 0 Å². The van der Waals surface area contributed by atoms with Crippen LogP contribution in [0.3, 0.4) is 0 Å². The summed E-state index contributed by atoms with van der Waals surface area (Å²) in [5, 5.41) is 0. The van der Waals surface area contributed by atoms with Gasteiger partial charge < -0.3 is 15.2 Å². The number of likely N-dealkylation sites (tertiary alicyclic amines) is 1. The summed E-state index contributed by atoms with van der Waals surface area (Å²) in [4.78, 5) is 4.95. The van der Waals surface area contributed by atoms with Gasteiger partial charge in [0.15, 0.2) is 6.29 Å². The van der Waals surface area contributed by atoms with Crippen molar-refractivity contribution < 1.29 is 9.47 Å². The fourth-order valence-corrected chi connectivity index (χ4v) is 3.07. The van der Waals surface area contributed by atoms with Crippen molar-refractivity contribution in [2.24, 2.45) is 5.73 Å². The molecule has 0 aromatic carbocycles. The molecule has 2 atom stereocenters. The van der Waals surface area contributed by atoms with E-state index >= 15 is 0 Å². The maximum absolute atomic E-state index is 6.04. The molecule has 0 amide bonds. The third-order valence-corrected chi connectivity index (χ3v) is 4.88. The lowest BCUT2D eigenvalue weighted by molar-refractivity contribution is -0.127. The lowest BCUT2D eigenvalue weighted by atomic mass is 9.94. The lowest BCUT2D eigenvalue weighted by Gasteiger charge is -2.42. The largest absolute Gasteiger partial charge is 0.356 e. The molecule has 1 saturated heterocycles. The highest BCUT2D eigenvalue weighted by Gasteiger charge is 2.34. The maximum Gasteiger partial charge on any atom is 0.158 e. The van der Waals surface area contributed by atoms with Gasteiger partial charge in [-0.15, -0.1) is 0 Å². The highest BCUT2D eigenvalue weighted by molar-refractivity contribution is 4.90. The molecular formula is C15H33N3O2. The molecule has 2 N–H and O–H groups in total. The van der Waals surface area contributed by atoms with Gasteiger partial charge in [-0.3, -0.25) is 9.80 Å². The van der Waals surface area contributed by atoms with Gasteiger partial charge in [-0.25, -0.2) is 0 Å². The summed E-state index contributed by atoms with van der Waals surface area (Å²) in [6.45, 7) is 8.46. The zero-order valence-corrected chi connectivity index (χ0v) is 13.9. The van der Waals surface area contributed by atoms with Crippen molar-refractivity contribution in [3.8, 4) is 0 Å². The number of nitrogens with two attached hydrogens (primary N) is 1. The van der Waals surface area contributed by atoms with Crippen LogP contribution in [0.1, 0.15) is 33.1 Å². The van der Waals surface area contributed by atoms with Crippen molar-refractivity contribution in [3.05, 3.63) is 0 Å². The molecule has 1 heterocycles. The Morgan fingerprint density at radius 3 is 2.55 bits per heavy atom. The number of rotatable bonds is 9. The Labute approximate surface area is 124 Å². The van der Waals surface area contributed by atoms with Crippen LogP contribution < -0.4 is 5.73 Å². The summed E-state index contributed by atoms with van der Waals surface area (Å²) >= 11 is 0. The Morgan fingerprint density at radius 1 is 1.40 bits per heavy atom. The minimum atomic E-state index is -0.197. The van der Waals surface area contributed by atoms with Crippen molar-refractivity contribution in [1.29, 1.82) is 0 Å². The first-order chi connectivity index (χ1) is 9.50. The Kier molecular flexibility index (Phi) is 7.40. The van der Waals surface area contributed by atoms with E-state index in [1.54, 1.807) is 14.2 Å². The fraction of sp³-hybridized carbons (Fsp3) is 1.00. The molecule has 0 aromatic rings. The molecule has 0 bridgehead atoms. The summed E-state index contributed by atoms with van der Waals surface area (Å²) in [5.41, 5.74) is 5.94. The average molecular weight is 287 g/mol. The Bertz CT molecular complexity index is 274. The molecule has 1 aliphatic heterocycles. The van der Waals surface area contributed by atoms with Crippen molar-refractivity contribution in [3.63, 3.8) is 0 Å². The van der Waals surface area contributed by atoms with E-state index in [9.17, 15) is 0 Å². The second kappa shape index (κ2) is 8.29. The Balaban J connectivity index is 2.62. The third kappa shape index (κ3) is 4.40. The van der Waals surface area contributed by atoms with Gasteiger partial charge in [-0.2, -0.15) is 0 Å². The average Bonchev–Trinajstić information content (AvgIpc) is 2.91. The van der Waals surface area contributed by atoms with Crippen LogP contribution in [0.4, 0.5) is 0 Å². The van der Waals surface area contributed by atoms with E-state index in [1.807, 2.05) is 0 Å². The van der Waals surface area contributed by atoms with Crippen LogP contribution in [0.2, 0.25) is 0 Å². The van der Waals surface area contributed by atoms with E-state index in [0.29, 0.717) is 12.6 Å². The van der Waals surface area contributed by atoms with Gasteiger partial charge >= 0.3 is 0 Å². The third-order valence-electron chi connectivity index (χ3n) is 4.88. The van der Waals surface area contributed by atoms with Gasteiger partial charge in [-0.1, -0.05) is 6.92 Å². The Hall–Kier alpha value is -0.200.